The number of carbonyl (C=O) groups is 1. The predicted molar refractivity (Wildman–Crippen MR) is 54.6 cm³/mol. The van der Waals surface area contributed by atoms with Crippen molar-refractivity contribution in [2.45, 2.75) is 25.4 Å². The molecule has 1 N–H and O–H groups in total. The first-order valence-electron chi connectivity index (χ1n) is 5.29. The summed E-state index contributed by atoms with van der Waals surface area (Å²) in [6, 6.07) is 3.58. The van der Waals surface area contributed by atoms with Gasteiger partial charge in [0.15, 0.2) is 0 Å². The van der Waals surface area contributed by atoms with E-state index in [-0.39, 0.29) is 6.42 Å². The maximum absolute atomic E-state index is 12.5. The first-order valence-corrected chi connectivity index (χ1v) is 5.29. The van der Waals surface area contributed by atoms with Gasteiger partial charge >= 0.3 is 12.1 Å². The minimum Gasteiger partial charge on any atom is -0.481 e. The Kier molecular flexibility index (Phi) is 2.85. The summed E-state index contributed by atoms with van der Waals surface area (Å²) in [7, 11) is 0. The van der Waals surface area contributed by atoms with Crippen LogP contribution >= 0.6 is 0 Å². The van der Waals surface area contributed by atoms with Gasteiger partial charge in [0.05, 0.1) is 11.5 Å². The number of alkyl halides is 3. The highest BCUT2D eigenvalue weighted by atomic mass is 19.4. The van der Waals surface area contributed by atoms with E-state index in [1.807, 2.05) is 0 Å². The fourth-order valence-corrected chi connectivity index (χ4v) is 2.14. The van der Waals surface area contributed by atoms with Crippen LogP contribution in [0.15, 0.2) is 18.2 Å². The Morgan fingerprint density at radius 3 is 2.59 bits per heavy atom. The molecule has 0 fully saturated rings. The van der Waals surface area contributed by atoms with E-state index in [1.165, 1.54) is 6.07 Å². The van der Waals surface area contributed by atoms with Crippen LogP contribution in [0.3, 0.4) is 0 Å². The number of carboxylic acids is 1. The molecule has 0 saturated heterocycles. The lowest BCUT2D eigenvalue weighted by Crippen LogP contribution is -2.22. The molecule has 1 aromatic carbocycles. The number of benzene rings is 1. The summed E-state index contributed by atoms with van der Waals surface area (Å²) in [4.78, 5) is 10.8. The predicted octanol–water partition coefficient (Wildman–Crippen LogP) is 2.89. The van der Waals surface area contributed by atoms with Crippen LogP contribution in [-0.2, 0) is 23.8 Å². The van der Waals surface area contributed by atoms with Crippen LogP contribution in [0, 0.1) is 5.92 Å². The van der Waals surface area contributed by atoms with Gasteiger partial charge < -0.3 is 5.11 Å². The van der Waals surface area contributed by atoms with E-state index in [9.17, 15) is 18.0 Å². The molecule has 0 amide bonds. The zero-order valence-corrected chi connectivity index (χ0v) is 8.92. The van der Waals surface area contributed by atoms with E-state index >= 15 is 0 Å². The highest BCUT2D eigenvalue weighted by Gasteiger charge is 2.32. The van der Waals surface area contributed by atoms with Gasteiger partial charge in [0, 0.05) is 0 Å². The van der Waals surface area contributed by atoms with Crippen LogP contribution in [0.5, 0.6) is 0 Å². The van der Waals surface area contributed by atoms with Gasteiger partial charge in [0.25, 0.3) is 0 Å². The van der Waals surface area contributed by atoms with Crippen LogP contribution in [0.25, 0.3) is 0 Å². The molecule has 1 atom stereocenters. The first-order chi connectivity index (χ1) is 7.88. The molecule has 0 bridgehead atoms. The number of carboxylic acid groups (broad SMARTS) is 1. The van der Waals surface area contributed by atoms with Crippen molar-refractivity contribution < 1.29 is 23.1 Å². The molecule has 0 aromatic heterocycles. The van der Waals surface area contributed by atoms with Crippen molar-refractivity contribution in [3.63, 3.8) is 0 Å². The molecule has 1 aliphatic rings. The third-order valence-electron chi connectivity index (χ3n) is 3.11. The number of fused-ring (bicyclic) bond motifs is 1. The number of hydrogen-bond donors (Lipinski definition) is 1. The summed E-state index contributed by atoms with van der Waals surface area (Å²) in [5.74, 6) is -1.50. The summed E-state index contributed by atoms with van der Waals surface area (Å²) >= 11 is 0. The van der Waals surface area contributed by atoms with Crippen molar-refractivity contribution in [3.05, 3.63) is 34.9 Å². The molecule has 5 heteroatoms. The Morgan fingerprint density at radius 1 is 1.29 bits per heavy atom. The van der Waals surface area contributed by atoms with E-state index in [0.717, 1.165) is 17.7 Å². The number of rotatable bonds is 1. The van der Waals surface area contributed by atoms with Gasteiger partial charge in [-0.05, 0) is 42.5 Å². The zero-order chi connectivity index (χ0) is 12.6. The zero-order valence-electron chi connectivity index (χ0n) is 8.92. The SMILES string of the molecule is O=C(O)C1CCc2ccc(C(F)(F)F)cc2C1. The van der Waals surface area contributed by atoms with Crippen molar-refractivity contribution in [2.75, 3.05) is 0 Å². The topological polar surface area (TPSA) is 37.3 Å². The quantitative estimate of drug-likeness (QED) is 0.824. The molecular formula is C12H11F3O2. The van der Waals surface area contributed by atoms with Crippen molar-refractivity contribution >= 4 is 5.97 Å². The largest absolute Gasteiger partial charge is 0.481 e. The lowest BCUT2D eigenvalue weighted by Gasteiger charge is -2.22. The van der Waals surface area contributed by atoms with Crippen molar-refractivity contribution in [2.24, 2.45) is 5.92 Å². The molecule has 92 valence electrons. The minimum absolute atomic E-state index is 0.189. The van der Waals surface area contributed by atoms with E-state index in [1.54, 1.807) is 0 Å². The Hall–Kier alpha value is -1.52. The Balaban J connectivity index is 2.32. The summed E-state index contributed by atoms with van der Waals surface area (Å²) in [5.41, 5.74) is 0.635. The molecule has 1 unspecified atom stereocenters. The van der Waals surface area contributed by atoms with Crippen LogP contribution in [0.1, 0.15) is 23.1 Å². The lowest BCUT2D eigenvalue weighted by molar-refractivity contribution is -0.142. The highest BCUT2D eigenvalue weighted by Crippen LogP contribution is 2.33. The molecule has 1 aromatic rings. The molecule has 0 radical (unpaired) electrons. The molecular weight excluding hydrogens is 233 g/mol. The van der Waals surface area contributed by atoms with E-state index in [0.29, 0.717) is 18.4 Å². The number of hydrogen-bond acceptors (Lipinski definition) is 1. The van der Waals surface area contributed by atoms with E-state index in [2.05, 4.69) is 0 Å². The van der Waals surface area contributed by atoms with Crippen molar-refractivity contribution in [3.8, 4) is 0 Å². The minimum atomic E-state index is -4.37. The standard InChI is InChI=1S/C12H11F3O2/c13-12(14,15)10-4-3-7-1-2-8(11(16)17)5-9(7)6-10/h3-4,6,8H,1-2,5H2,(H,16,17). The first kappa shape index (κ1) is 12.0. The second kappa shape index (κ2) is 4.05. The molecule has 0 spiro atoms. The average molecular weight is 244 g/mol. The third kappa shape index (κ3) is 2.43. The third-order valence-corrected chi connectivity index (χ3v) is 3.11. The van der Waals surface area contributed by atoms with Crippen LogP contribution in [0.4, 0.5) is 13.2 Å². The smallest absolute Gasteiger partial charge is 0.416 e. The molecule has 0 aliphatic heterocycles. The average Bonchev–Trinajstić information content (AvgIpc) is 2.26. The number of halogens is 3. The fraction of sp³-hybridized carbons (Fsp3) is 0.417. The van der Waals surface area contributed by atoms with Crippen LogP contribution in [-0.4, -0.2) is 11.1 Å². The molecule has 2 nitrogen and oxygen atoms in total. The summed E-state index contributed by atoms with van der Waals surface area (Å²) in [6.45, 7) is 0. The molecule has 1 aliphatic carbocycles. The Bertz CT molecular complexity index is 452. The van der Waals surface area contributed by atoms with Crippen molar-refractivity contribution in [1.29, 1.82) is 0 Å². The Morgan fingerprint density at radius 2 is 2.00 bits per heavy atom. The van der Waals surface area contributed by atoms with Gasteiger partial charge in [-0.2, -0.15) is 13.2 Å². The normalized spacial score (nSPS) is 19.8. The van der Waals surface area contributed by atoms with Crippen LogP contribution in [0.2, 0.25) is 0 Å². The molecule has 17 heavy (non-hydrogen) atoms. The molecule has 0 saturated carbocycles. The lowest BCUT2D eigenvalue weighted by atomic mass is 9.83. The van der Waals surface area contributed by atoms with Crippen LogP contribution < -0.4 is 0 Å². The Labute approximate surface area is 96.1 Å². The van der Waals surface area contributed by atoms with Crippen molar-refractivity contribution in [1.82, 2.24) is 0 Å². The second-order valence-corrected chi connectivity index (χ2v) is 4.26. The van der Waals surface area contributed by atoms with Gasteiger partial charge in [-0.15, -0.1) is 0 Å². The summed E-state index contributed by atoms with van der Waals surface area (Å²) in [5, 5.41) is 8.87. The van der Waals surface area contributed by atoms with Gasteiger partial charge in [0.2, 0.25) is 0 Å². The van der Waals surface area contributed by atoms with Gasteiger partial charge in [-0.1, -0.05) is 6.07 Å². The fourth-order valence-electron chi connectivity index (χ4n) is 2.14. The van der Waals surface area contributed by atoms with Gasteiger partial charge in [-0.25, -0.2) is 0 Å². The molecule has 2 rings (SSSR count). The summed E-state index contributed by atoms with van der Waals surface area (Å²) < 4.78 is 37.5. The molecule has 0 heterocycles. The van der Waals surface area contributed by atoms with E-state index in [4.69, 9.17) is 5.11 Å². The number of aliphatic carboxylic acids is 1. The monoisotopic (exact) mass is 244 g/mol. The van der Waals surface area contributed by atoms with E-state index < -0.39 is 23.6 Å². The van der Waals surface area contributed by atoms with Gasteiger partial charge in [0.1, 0.15) is 0 Å². The second-order valence-electron chi connectivity index (χ2n) is 4.26. The highest BCUT2D eigenvalue weighted by molar-refractivity contribution is 5.71. The maximum atomic E-state index is 12.5. The maximum Gasteiger partial charge on any atom is 0.416 e. The van der Waals surface area contributed by atoms with Gasteiger partial charge in [-0.3, -0.25) is 4.79 Å². The number of aryl methyl sites for hydroxylation is 1. The summed E-state index contributed by atoms with van der Waals surface area (Å²) in [6.07, 6.45) is -3.15.